The predicted molar refractivity (Wildman–Crippen MR) is 118 cm³/mol. The van der Waals surface area contributed by atoms with Crippen LogP contribution in [-0.4, -0.2) is 74.5 Å². The zero-order valence-electron chi connectivity index (χ0n) is 17.7. The zero-order valence-corrected chi connectivity index (χ0v) is 18.5. The van der Waals surface area contributed by atoms with Gasteiger partial charge in [0, 0.05) is 67.2 Å². The van der Waals surface area contributed by atoms with Gasteiger partial charge >= 0.3 is 0 Å². The molecule has 2 N–H and O–H groups in total. The molecule has 0 unspecified atom stereocenters. The smallest absolute Gasteiger partial charge is 0.127 e. The normalized spacial score (nSPS) is 16.7. The van der Waals surface area contributed by atoms with Crippen LogP contribution in [0.1, 0.15) is 15.3 Å². The summed E-state index contributed by atoms with van der Waals surface area (Å²) in [7, 11) is 3.78. The molecule has 0 amide bonds. The molecule has 1 aliphatic heterocycles. The van der Waals surface area contributed by atoms with Gasteiger partial charge < -0.3 is 24.8 Å². The van der Waals surface area contributed by atoms with Crippen LogP contribution >= 0.6 is 11.3 Å². The van der Waals surface area contributed by atoms with Gasteiger partial charge in [-0.3, -0.25) is 4.90 Å². The van der Waals surface area contributed by atoms with Gasteiger partial charge in [0.05, 0.1) is 7.11 Å². The summed E-state index contributed by atoms with van der Waals surface area (Å²) in [5, 5.41) is 13.9. The number of benzene rings is 1. The average molecular weight is 420 g/mol. The number of methoxy groups -OCH3 is 1. The van der Waals surface area contributed by atoms with Gasteiger partial charge in [0.2, 0.25) is 0 Å². The fourth-order valence-corrected chi connectivity index (χ4v) is 4.27. The highest BCUT2D eigenvalue weighted by molar-refractivity contribution is 7.11. The molecule has 1 aromatic carbocycles. The molecule has 0 bridgehead atoms. The van der Waals surface area contributed by atoms with Crippen molar-refractivity contribution in [2.45, 2.75) is 26.1 Å². The minimum Gasteiger partial charge on any atom is -0.497 e. The van der Waals surface area contributed by atoms with Crippen LogP contribution in [0.4, 0.5) is 0 Å². The molecule has 0 spiro atoms. The maximum Gasteiger partial charge on any atom is 0.127 e. The van der Waals surface area contributed by atoms with Crippen molar-refractivity contribution in [2.75, 3.05) is 53.5 Å². The summed E-state index contributed by atoms with van der Waals surface area (Å²) in [6.45, 7) is 8.64. The molecule has 1 saturated heterocycles. The van der Waals surface area contributed by atoms with Gasteiger partial charge in [0.1, 0.15) is 24.2 Å². The minimum absolute atomic E-state index is 0.274. The number of hydrogen-bond acceptors (Lipinski definition) is 7. The van der Waals surface area contributed by atoms with Crippen molar-refractivity contribution >= 4 is 11.3 Å². The van der Waals surface area contributed by atoms with Gasteiger partial charge in [-0.05, 0) is 32.2 Å². The number of piperazine rings is 1. The molecule has 0 saturated carbocycles. The standard InChI is InChI=1S/C22H33N3O3S/c1-17-4-7-21(29-17)14-23-13-18-5-6-20(27-3)12-22(18)28-16-19(26)15-25-10-8-24(2)9-11-25/h4-7,12,19,23,26H,8-11,13-16H2,1-3H3/t19-/m1/s1. The molecule has 1 fully saturated rings. The molecule has 0 aliphatic carbocycles. The van der Waals surface area contributed by atoms with E-state index < -0.39 is 6.10 Å². The first-order chi connectivity index (χ1) is 14.0. The maximum absolute atomic E-state index is 10.4. The van der Waals surface area contributed by atoms with Crippen molar-refractivity contribution in [3.05, 3.63) is 45.6 Å². The highest BCUT2D eigenvalue weighted by atomic mass is 32.1. The van der Waals surface area contributed by atoms with E-state index in [1.54, 1.807) is 7.11 Å². The largest absolute Gasteiger partial charge is 0.497 e. The van der Waals surface area contributed by atoms with Crippen LogP contribution in [0.5, 0.6) is 11.5 Å². The number of aryl methyl sites for hydroxylation is 1. The third kappa shape index (κ3) is 6.97. The van der Waals surface area contributed by atoms with Crippen molar-refractivity contribution in [2.24, 2.45) is 0 Å². The number of aliphatic hydroxyl groups excluding tert-OH is 1. The molecule has 29 heavy (non-hydrogen) atoms. The van der Waals surface area contributed by atoms with Crippen molar-refractivity contribution in [1.82, 2.24) is 15.1 Å². The Bertz CT molecular complexity index is 760. The van der Waals surface area contributed by atoms with Crippen LogP contribution in [0.2, 0.25) is 0 Å². The number of thiophene rings is 1. The first-order valence-corrected chi connectivity index (χ1v) is 11.0. The van der Waals surface area contributed by atoms with Gasteiger partial charge in [0.15, 0.2) is 0 Å². The topological polar surface area (TPSA) is 57.2 Å². The van der Waals surface area contributed by atoms with Gasteiger partial charge in [-0.25, -0.2) is 0 Å². The van der Waals surface area contributed by atoms with Gasteiger partial charge in [0.25, 0.3) is 0 Å². The van der Waals surface area contributed by atoms with Crippen molar-refractivity contribution in [3.63, 3.8) is 0 Å². The van der Waals surface area contributed by atoms with Gasteiger partial charge in [-0.1, -0.05) is 6.07 Å². The fraction of sp³-hybridized carbons (Fsp3) is 0.545. The molecule has 0 radical (unpaired) electrons. The first kappa shape index (κ1) is 22.1. The summed E-state index contributed by atoms with van der Waals surface area (Å²) >= 11 is 1.81. The van der Waals surface area contributed by atoms with Crippen LogP contribution < -0.4 is 14.8 Å². The van der Waals surface area contributed by atoms with Crippen LogP contribution in [0.25, 0.3) is 0 Å². The highest BCUT2D eigenvalue weighted by Gasteiger charge is 2.18. The zero-order chi connectivity index (χ0) is 20.6. The Hall–Kier alpha value is -1.64. The molecular weight excluding hydrogens is 386 g/mol. The van der Waals surface area contributed by atoms with Crippen LogP contribution in [-0.2, 0) is 13.1 Å². The number of hydrogen-bond donors (Lipinski definition) is 2. The van der Waals surface area contributed by atoms with Crippen LogP contribution in [0.15, 0.2) is 30.3 Å². The quantitative estimate of drug-likeness (QED) is 0.617. The summed E-state index contributed by atoms with van der Waals surface area (Å²) in [4.78, 5) is 7.25. The van der Waals surface area contributed by atoms with Crippen LogP contribution in [0.3, 0.4) is 0 Å². The SMILES string of the molecule is COc1ccc(CNCc2ccc(C)s2)c(OC[C@H](O)CN2CCN(C)CC2)c1. The second-order valence-electron chi connectivity index (χ2n) is 7.66. The second kappa shape index (κ2) is 10.9. The number of nitrogens with zero attached hydrogens (tertiary/aromatic N) is 2. The van der Waals surface area contributed by atoms with E-state index in [0.717, 1.165) is 49.8 Å². The third-order valence-electron chi connectivity index (χ3n) is 5.18. The molecule has 6 nitrogen and oxygen atoms in total. The van der Waals surface area contributed by atoms with E-state index in [2.05, 4.69) is 41.2 Å². The summed E-state index contributed by atoms with van der Waals surface area (Å²) in [6, 6.07) is 10.2. The van der Waals surface area contributed by atoms with Crippen molar-refractivity contribution < 1.29 is 14.6 Å². The highest BCUT2D eigenvalue weighted by Crippen LogP contribution is 2.25. The molecule has 7 heteroatoms. The van der Waals surface area contributed by atoms with E-state index >= 15 is 0 Å². The van der Waals surface area contributed by atoms with Gasteiger partial charge in [-0.2, -0.15) is 0 Å². The van der Waals surface area contributed by atoms with Gasteiger partial charge in [-0.15, -0.1) is 11.3 Å². The molecular formula is C22H33N3O3S. The number of rotatable bonds is 10. The second-order valence-corrected chi connectivity index (χ2v) is 9.03. The molecule has 1 atom stereocenters. The monoisotopic (exact) mass is 419 g/mol. The van der Waals surface area contributed by atoms with E-state index in [4.69, 9.17) is 9.47 Å². The van der Waals surface area contributed by atoms with Crippen molar-refractivity contribution in [1.29, 1.82) is 0 Å². The molecule has 3 rings (SSSR count). The fourth-order valence-electron chi connectivity index (χ4n) is 3.41. The number of β-amino-alcohol motifs (C(OH)–C–C–N with tert-alkyl or cyclic N) is 1. The Morgan fingerprint density at radius 2 is 1.93 bits per heavy atom. The summed E-state index contributed by atoms with van der Waals surface area (Å²) in [6.07, 6.45) is -0.514. The Balaban J connectivity index is 1.52. The minimum atomic E-state index is -0.514. The Morgan fingerprint density at radius 1 is 1.14 bits per heavy atom. The summed E-state index contributed by atoms with van der Waals surface area (Å²) < 4.78 is 11.4. The Morgan fingerprint density at radius 3 is 2.62 bits per heavy atom. The lowest BCUT2D eigenvalue weighted by atomic mass is 10.2. The van der Waals surface area contributed by atoms with E-state index in [-0.39, 0.29) is 6.61 Å². The molecule has 2 aromatic rings. The predicted octanol–water partition coefficient (Wildman–Crippen LogP) is 2.34. The van der Waals surface area contributed by atoms with Crippen molar-refractivity contribution in [3.8, 4) is 11.5 Å². The van der Waals surface area contributed by atoms with E-state index in [1.165, 1.54) is 9.75 Å². The maximum atomic E-state index is 10.4. The molecule has 2 heterocycles. The first-order valence-electron chi connectivity index (χ1n) is 10.2. The average Bonchev–Trinajstić information content (AvgIpc) is 3.14. The van der Waals surface area contributed by atoms with E-state index in [0.29, 0.717) is 13.1 Å². The third-order valence-corrected chi connectivity index (χ3v) is 6.18. The van der Waals surface area contributed by atoms with Crippen LogP contribution in [0, 0.1) is 6.92 Å². The van der Waals surface area contributed by atoms with E-state index in [1.807, 2.05) is 29.5 Å². The lowest BCUT2D eigenvalue weighted by Gasteiger charge is -2.33. The molecule has 1 aliphatic rings. The number of ether oxygens (including phenoxy) is 2. The lowest BCUT2D eigenvalue weighted by Crippen LogP contribution is -2.47. The summed E-state index contributed by atoms with van der Waals surface area (Å²) in [5.74, 6) is 1.52. The molecule has 1 aromatic heterocycles. The lowest BCUT2D eigenvalue weighted by molar-refractivity contribution is 0.0501. The Kier molecular flexibility index (Phi) is 8.32. The van der Waals surface area contributed by atoms with E-state index in [9.17, 15) is 5.11 Å². The molecule has 160 valence electrons. The number of nitrogens with one attached hydrogen (secondary N) is 1. The summed E-state index contributed by atoms with van der Waals surface area (Å²) in [5.41, 5.74) is 1.06. The number of aliphatic hydroxyl groups is 1. The Labute approximate surface area is 178 Å². The number of likely N-dealkylation sites (N-methyl/N-ethyl adjacent to an activating group) is 1.